The van der Waals surface area contributed by atoms with Gasteiger partial charge in [0.05, 0.1) is 0 Å². The van der Waals surface area contributed by atoms with Gasteiger partial charge < -0.3 is 10.2 Å². The smallest absolute Gasteiger partial charge is 0.125 e. The molecule has 0 bridgehead atoms. The van der Waals surface area contributed by atoms with Gasteiger partial charge >= 0.3 is 0 Å². The normalized spacial score (nSPS) is 19.6. The van der Waals surface area contributed by atoms with Crippen LogP contribution < -0.4 is 10.2 Å². The van der Waals surface area contributed by atoms with Crippen LogP contribution in [0.5, 0.6) is 0 Å². The molecule has 1 aromatic rings. The number of rotatable bonds is 1. The molecule has 1 fully saturated rings. The molecule has 0 aliphatic carbocycles. The minimum Gasteiger partial charge on any atom is -0.366 e. The monoisotopic (exact) mass is 266 g/mol. The quantitative estimate of drug-likeness (QED) is 0.840. The van der Waals surface area contributed by atoms with E-state index < -0.39 is 0 Å². The van der Waals surface area contributed by atoms with Crippen LogP contribution in [0.15, 0.2) is 24.3 Å². The predicted molar refractivity (Wildman–Crippen MR) is 70.6 cm³/mol. The lowest BCUT2D eigenvalue weighted by Crippen LogP contribution is -2.49. The molecule has 1 aliphatic rings. The van der Waals surface area contributed by atoms with Gasteiger partial charge in [-0.15, -0.1) is 24.8 Å². The van der Waals surface area contributed by atoms with E-state index in [1.54, 1.807) is 12.1 Å². The second-order valence-corrected chi connectivity index (χ2v) is 3.73. The van der Waals surface area contributed by atoms with Crippen LogP contribution in [0, 0.1) is 5.82 Å². The number of hydrogen-bond acceptors (Lipinski definition) is 2. The summed E-state index contributed by atoms with van der Waals surface area (Å²) in [4.78, 5) is 2.24. The van der Waals surface area contributed by atoms with E-state index in [1.165, 1.54) is 6.07 Å². The Bertz CT molecular complexity index is 323. The van der Waals surface area contributed by atoms with Gasteiger partial charge in [0.15, 0.2) is 0 Å². The van der Waals surface area contributed by atoms with Crippen molar-refractivity contribution in [3.8, 4) is 0 Å². The van der Waals surface area contributed by atoms with E-state index in [0.29, 0.717) is 6.04 Å². The van der Waals surface area contributed by atoms with Crippen LogP contribution in [0.2, 0.25) is 0 Å². The first kappa shape index (κ1) is 15.5. The minimum absolute atomic E-state index is 0. The van der Waals surface area contributed by atoms with Crippen molar-refractivity contribution in [3.05, 3.63) is 30.1 Å². The fourth-order valence-electron chi connectivity index (χ4n) is 1.88. The molecule has 1 N–H and O–H groups in total. The number of halogens is 3. The lowest BCUT2D eigenvalue weighted by molar-refractivity contribution is 0.499. The third kappa shape index (κ3) is 3.51. The zero-order valence-corrected chi connectivity index (χ0v) is 10.8. The molecule has 1 atom stereocenters. The second-order valence-electron chi connectivity index (χ2n) is 3.73. The molecule has 1 aromatic carbocycles. The van der Waals surface area contributed by atoms with Gasteiger partial charge in [0.1, 0.15) is 5.82 Å². The topological polar surface area (TPSA) is 15.3 Å². The Hall–Kier alpha value is -0.510. The van der Waals surface area contributed by atoms with E-state index in [2.05, 4.69) is 17.1 Å². The zero-order chi connectivity index (χ0) is 9.97. The van der Waals surface area contributed by atoms with Crippen LogP contribution in [0.1, 0.15) is 6.92 Å². The van der Waals surface area contributed by atoms with E-state index in [9.17, 15) is 4.39 Å². The maximum atomic E-state index is 13.0. The Morgan fingerprint density at radius 3 is 2.75 bits per heavy atom. The Morgan fingerprint density at radius 2 is 2.12 bits per heavy atom. The Labute approximate surface area is 108 Å². The van der Waals surface area contributed by atoms with Crippen molar-refractivity contribution >= 4 is 30.5 Å². The minimum atomic E-state index is -0.159. The molecule has 2 nitrogen and oxygen atoms in total. The highest BCUT2D eigenvalue weighted by Gasteiger charge is 2.17. The molecule has 0 radical (unpaired) electrons. The van der Waals surface area contributed by atoms with Gasteiger partial charge in [0.25, 0.3) is 0 Å². The van der Waals surface area contributed by atoms with Crippen LogP contribution in [-0.4, -0.2) is 25.7 Å². The maximum absolute atomic E-state index is 13.0. The van der Waals surface area contributed by atoms with Gasteiger partial charge in [-0.2, -0.15) is 0 Å². The predicted octanol–water partition coefficient (Wildman–Crippen LogP) is 2.47. The van der Waals surface area contributed by atoms with Crippen molar-refractivity contribution in [1.82, 2.24) is 5.32 Å². The van der Waals surface area contributed by atoms with Crippen molar-refractivity contribution in [2.45, 2.75) is 13.0 Å². The highest BCUT2D eigenvalue weighted by atomic mass is 35.5. The van der Waals surface area contributed by atoms with Crippen molar-refractivity contribution in [2.24, 2.45) is 0 Å². The number of hydrogen-bond donors (Lipinski definition) is 1. The van der Waals surface area contributed by atoms with E-state index in [4.69, 9.17) is 0 Å². The molecule has 92 valence electrons. The zero-order valence-electron chi connectivity index (χ0n) is 9.15. The van der Waals surface area contributed by atoms with Crippen molar-refractivity contribution < 1.29 is 4.39 Å². The van der Waals surface area contributed by atoms with Crippen LogP contribution in [0.25, 0.3) is 0 Å². The lowest BCUT2D eigenvalue weighted by atomic mass is 10.2. The summed E-state index contributed by atoms with van der Waals surface area (Å²) >= 11 is 0. The summed E-state index contributed by atoms with van der Waals surface area (Å²) in [5.74, 6) is -0.159. The molecule has 0 spiro atoms. The fraction of sp³-hybridized carbons (Fsp3) is 0.455. The van der Waals surface area contributed by atoms with Gasteiger partial charge in [-0.25, -0.2) is 4.39 Å². The first-order valence-corrected chi connectivity index (χ1v) is 5.00. The van der Waals surface area contributed by atoms with Crippen LogP contribution >= 0.6 is 24.8 Å². The summed E-state index contributed by atoms with van der Waals surface area (Å²) in [5.41, 5.74) is 0.985. The Morgan fingerprint density at radius 1 is 1.38 bits per heavy atom. The van der Waals surface area contributed by atoms with E-state index in [1.807, 2.05) is 6.07 Å². The van der Waals surface area contributed by atoms with E-state index in [-0.39, 0.29) is 30.6 Å². The molecule has 5 heteroatoms. The van der Waals surface area contributed by atoms with Gasteiger partial charge in [0, 0.05) is 31.4 Å². The summed E-state index contributed by atoms with van der Waals surface area (Å²) in [6.45, 7) is 5.04. The van der Waals surface area contributed by atoms with Gasteiger partial charge in [-0.05, 0) is 25.1 Å². The number of nitrogens with one attached hydrogen (secondary N) is 1. The first-order valence-electron chi connectivity index (χ1n) is 5.00. The highest BCUT2D eigenvalue weighted by Crippen LogP contribution is 2.18. The molecule has 0 saturated carbocycles. The molecule has 0 amide bonds. The third-order valence-electron chi connectivity index (χ3n) is 2.64. The fourth-order valence-corrected chi connectivity index (χ4v) is 1.88. The standard InChI is InChI=1S/C11H15FN2.2ClH/c1-9-8-13-5-6-14(9)11-4-2-3-10(12)7-11;;/h2-4,7,9,13H,5-6,8H2,1H3;2*1H/t9-;;/m1../s1. The summed E-state index contributed by atoms with van der Waals surface area (Å²) in [5, 5.41) is 3.31. The Kier molecular flexibility index (Phi) is 6.72. The number of anilines is 1. The molecule has 1 aliphatic heterocycles. The van der Waals surface area contributed by atoms with Crippen molar-refractivity contribution in [3.63, 3.8) is 0 Å². The molecular weight excluding hydrogens is 250 g/mol. The average molecular weight is 267 g/mol. The largest absolute Gasteiger partial charge is 0.366 e. The van der Waals surface area contributed by atoms with Crippen LogP contribution in [0.4, 0.5) is 10.1 Å². The first-order chi connectivity index (χ1) is 6.77. The molecule has 1 saturated heterocycles. The molecule has 0 aromatic heterocycles. The molecule has 2 rings (SSSR count). The van der Waals surface area contributed by atoms with Gasteiger partial charge in [-0.1, -0.05) is 6.07 Å². The number of benzene rings is 1. The maximum Gasteiger partial charge on any atom is 0.125 e. The molecule has 1 heterocycles. The summed E-state index contributed by atoms with van der Waals surface area (Å²) < 4.78 is 13.0. The molecule has 0 unspecified atom stereocenters. The van der Waals surface area contributed by atoms with Crippen molar-refractivity contribution in [1.29, 1.82) is 0 Å². The number of piperazine rings is 1. The van der Waals surface area contributed by atoms with Gasteiger partial charge in [0.2, 0.25) is 0 Å². The van der Waals surface area contributed by atoms with E-state index in [0.717, 1.165) is 25.3 Å². The summed E-state index contributed by atoms with van der Waals surface area (Å²) in [6.07, 6.45) is 0. The SMILES string of the molecule is C[C@@H]1CNCCN1c1cccc(F)c1.Cl.Cl. The Balaban J connectivity index is 0.00000112. The number of nitrogens with zero attached hydrogens (tertiary/aromatic N) is 1. The summed E-state index contributed by atoms with van der Waals surface area (Å²) in [6, 6.07) is 7.24. The van der Waals surface area contributed by atoms with E-state index >= 15 is 0 Å². The average Bonchev–Trinajstić information content (AvgIpc) is 2.18. The van der Waals surface area contributed by atoms with Crippen LogP contribution in [-0.2, 0) is 0 Å². The van der Waals surface area contributed by atoms with Crippen molar-refractivity contribution in [2.75, 3.05) is 24.5 Å². The summed E-state index contributed by atoms with van der Waals surface area (Å²) in [7, 11) is 0. The van der Waals surface area contributed by atoms with Gasteiger partial charge in [-0.3, -0.25) is 0 Å². The highest BCUT2D eigenvalue weighted by molar-refractivity contribution is 5.85. The lowest BCUT2D eigenvalue weighted by Gasteiger charge is -2.35. The third-order valence-corrected chi connectivity index (χ3v) is 2.64. The second kappa shape index (κ2) is 6.94. The van der Waals surface area contributed by atoms with Crippen LogP contribution in [0.3, 0.4) is 0 Å². The molecular formula is C11H17Cl2FN2. The molecule has 16 heavy (non-hydrogen) atoms.